The molecule has 2 aromatic heterocycles. The maximum Gasteiger partial charge on any atom is 0.247 e. The minimum Gasteiger partial charge on any atom is -0.659 e. The van der Waals surface area contributed by atoms with E-state index in [1.54, 1.807) is 26.0 Å². The Labute approximate surface area is 221 Å². The van der Waals surface area contributed by atoms with Crippen molar-refractivity contribution in [1.29, 1.82) is 0 Å². The zero-order valence-corrected chi connectivity index (χ0v) is 22.3. The van der Waals surface area contributed by atoms with Crippen LogP contribution >= 0.6 is 11.3 Å². The van der Waals surface area contributed by atoms with Crippen molar-refractivity contribution >= 4 is 39.1 Å². The van der Waals surface area contributed by atoms with E-state index in [1.165, 1.54) is 17.4 Å². The fourth-order valence-corrected chi connectivity index (χ4v) is 3.98. The number of fused-ring (bicyclic) bond motifs is 1. The topological polar surface area (TPSA) is 106 Å². The van der Waals surface area contributed by atoms with E-state index in [2.05, 4.69) is 27.0 Å². The molecule has 3 aromatic rings. The monoisotopic (exact) mass is 545 g/mol. The molecule has 0 saturated carbocycles. The third-order valence-corrected chi connectivity index (χ3v) is 5.61. The molecule has 1 aliphatic rings. The van der Waals surface area contributed by atoms with Gasteiger partial charge in [0.25, 0.3) is 0 Å². The van der Waals surface area contributed by atoms with Crippen molar-refractivity contribution in [1.82, 2.24) is 0 Å². The predicted octanol–water partition coefficient (Wildman–Crippen LogP) is 4.72. The van der Waals surface area contributed by atoms with Crippen LogP contribution < -0.4 is 15.6 Å². The van der Waals surface area contributed by atoms with Gasteiger partial charge in [-0.15, -0.1) is 24.4 Å². The predicted molar refractivity (Wildman–Crippen MR) is 129 cm³/mol. The van der Waals surface area contributed by atoms with Gasteiger partial charge in [-0.25, -0.2) is 4.89 Å². The van der Waals surface area contributed by atoms with Gasteiger partial charge < -0.3 is 20.0 Å². The van der Waals surface area contributed by atoms with Crippen LogP contribution in [-0.4, -0.2) is 43.4 Å². The number of anilines is 2. The van der Waals surface area contributed by atoms with Gasteiger partial charge in [-0.05, 0) is 37.6 Å². The summed E-state index contributed by atoms with van der Waals surface area (Å²) >= 11 is 1.37. The van der Waals surface area contributed by atoms with Crippen molar-refractivity contribution in [3.8, 4) is 11.1 Å². The van der Waals surface area contributed by atoms with Crippen molar-refractivity contribution in [2.75, 3.05) is 36.4 Å². The summed E-state index contributed by atoms with van der Waals surface area (Å²) in [5.41, 5.74) is 2.91. The normalized spacial score (nSPS) is 13.2. The molecule has 173 valence electrons. The number of benzene rings is 1. The Hall–Kier alpha value is -1.88. The Kier molecular flexibility index (Phi) is 10.9. The Morgan fingerprint density at radius 2 is 2.03 bits per heavy atom. The Balaban J connectivity index is 0.000000583. The molecule has 4 rings (SSSR count). The first-order valence-corrected chi connectivity index (χ1v) is 11.1. The van der Waals surface area contributed by atoms with Crippen molar-refractivity contribution < 1.29 is 52.1 Å². The van der Waals surface area contributed by atoms with Gasteiger partial charge in [0.15, 0.2) is 11.5 Å². The van der Waals surface area contributed by atoms with E-state index in [0.29, 0.717) is 21.9 Å². The van der Waals surface area contributed by atoms with Gasteiger partial charge in [-0.3, -0.25) is 14.8 Å². The Morgan fingerprint density at radius 3 is 2.67 bits per heavy atom. The van der Waals surface area contributed by atoms with E-state index < -0.39 is 0 Å². The largest absolute Gasteiger partial charge is 0.659 e. The number of hydrogen-bond donors (Lipinski definition) is 2. The van der Waals surface area contributed by atoms with E-state index in [4.69, 9.17) is 9.67 Å². The van der Waals surface area contributed by atoms with E-state index in [1.807, 2.05) is 23.6 Å². The number of thiophene rings is 1. The molecule has 8 nitrogen and oxygen atoms in total. The van der Waals surface area contributed by atoms with Crippen LogP contribution in [0.15, 0.2) is 57.6 Å². The first kappa shape index (κ1) is 27.4. The summed E-state index contributed by atoms with van der Waals surface area (Å²) in [4.78, 5) is 29.9. The van der Waals surface area contributed by atoms with E-state index >= 15 is 0 Å². The molecular formula is C23H26N3O5SY-. The minimum absolute atomic E-state index is 0. The van der Waals surface area contributed by atoms with Crippen LogP contribution in [0.2, 0.25) is 0 Å². The first-order valence-electron chi connectivity index (χ1n) is 10.2. The maximum atomic E-state index is 12.6. The van der Waals surface area contributed by atoms with Crippen molar-refractivity contribution in [2.24, 2.45) is 0 Å². The number of carbonyl (C=O) groups is 1. The Morgan fingerprint density at radius 1 is 1.33 bits per heavy atom. The molecule has 1 radical (unpaired) electrons. The molecule has 1 amide bonds. The van der Waals surface area contributed by atoms with Gasteiger partial charge in [0.05, 0.1) is 6.10 Å². The van der Waals surface area contributed by atoms with Crippen molar-refractivity contribution in [2.45, 2.75) is 20.0 Å². The number of piperazine rings is 1. The van der Waals surface area contributed by atoms with E-state index in [0.717, 1.165) is 37.3 Å². The number of rotatable bonds is 5. The second-order valence-electron chi connectivity index (χ2n) is 7.34. The van der Waals surface area contributed by atoms with Crippen LogP contribution in [0.3, 0.4) is 0 Å². The summed E-state index contributed by atoms with van der Waals surface area (Å²) in [6.45, 7) is 9.94. The maximum absolute atomic E-state index is 12.6. The van der Waals surface area contributed by atoms with Gasteiger partial charge in [0, 0.05) is 68.5 Å². The average molecular weight is 545 g/mol. The molecule has 1 aliphatic heterocycles. The van der Waals surface area contributed by atoms with Crippen molar-refractivity contribution in [3.63, 3.8) is 0 Å². The number of carbonyl (C=O) groups excluding carboxylic acids is 1. The Bertz CT molecular complexity index is 1140. The molecule has 1 fully saturated rings. The number of nitrogens with one attached hydrogen (secondary N) is 1. The molecular weight excluding hydrogens is 519 g/mol. The van der Waals surface area contributed by atoms with Crippen LogP contribution in [0.4, 0.5) is 11.6 Å². The van der Waals surface area contributed by atoms with Crippen LogP contribution in [0.25, 0.3) is 26.7 Å². The average Bonchev–Trinajstić information content (AvgIpc) is 3.25. The van der Waals surface area contributed by atoms with Gasteiger partial charge in [-0.2, -0.15) is 0 Å². The standard InChI is InChI=1S/C20H18N3O3S.C3H8O2.Y/c1-2-17(25)22-14-5-3-4-13(10-14)15-12-27-20-16(24)11-18(26-19(15)20)23-8-6-21-7-9-23;1-3(2)5-4;/h2-5,10-12H,1,6-9H2,(H,22,25);3-4H,1-2H3;/q-1;;. The van der Waals surface area contributed by atoms with E-state index in [9.17, 15) is 9.59 Å². The van der Waals surface area contributed by atoms with Crippen LogP contribution in [0.5, 0.6) is 0 Å². The minimum atomic E-state index is -0.272. The van der Waals surface area contributed by atoms with Crippen LogP contribution in [0.1, 0.15) is 13.8 Å². The third kappa shape index (κ3) is 7.30. The van der Waals surface area contributed by atoms with Crippen LogP contribution in [-0.2, 0) is 42.4 Å². The summed E-state index contributed by atoms with van der Waals surface area (Å²) in [5, 5.41) is 16.6. The zero-order valence-electron chi connectivity index (χ0n) is 18.6. The zero-order chi connectivity index (χ0) is 23.1. The number of nitrogens with zero attached hydrogens (tertiary/aromatic N) is 2. The smallest absolute Gasteiger partial charge is 0.247 e. The van der Waals surface area contributed by atoms with Gasteiger partial charge in [0.2, 0.25) is 11.3 Å². The molecule has 0 spiro atoms. The quantitative estimate of drug-likeness (QED) is 0.273. The van der Waals surface area contributed by atoms with Gasteiger partial charge in [0.1, 0.15) is 4.70 Å². The molecule has 2 N–H and O–H groups in total. The summed E-state index contributed by atoms with van der Waals surface area (Å²) in [7, 11) is 0. The molecule has 1 aromatic carbocycles. The summed E-state index contributed by atoms with van der Waals surface area (Å²) in [6.07, 6.45) is 1.16. The molecule has 33 heavy (non-hydrogen) atoms. The summed E-state index contributed by atoms with van der Waals surface area (Å²) < 4.78 is 6.73. The fraction of sp³-hybridized carbons (Fsp3) is 0.304. The molecule has 0 bridgehead atoms. The second-order valence-corrected chi connectivity index (χ2v) is 8.22. The molecule has 0 aliphatic carbocycles. The molecule has 10 heteroatoms. The first-order chi connectivity index (χ1) is 15.4. The van der Waals surface area contributed by atoms with Crippen LogP contribution in [0, 0.1) is 0 Å². The molecule has 3 heterocycles. The number of hydrogen-bond acceptors (Lipinski definition) is 7. The molecule has 1 saturated heterocycles. The van der Waals surface area contributed by atoms with Gasteiger partial charge >= 0.3 is 0 Å². The summed E-state index contributed by atoms with van der Waals surface area (Å²) in [6, 6.07) is 9.01. The third-order valence-electron chi connectivity index (χ3n) is 4.64. The second kappa shape index (κ2) is 13.1. The number of amides is 1. The molecule has 0 unspecified atom stereocenters. The van der Waals surface area contributed by atoms with Gasteiger partial charge in [-0.1, -0.05) is 18.7 Å². The summed E-state index contributed by atoms with van der Waals surface area (Å²) in [5.74, 6) is 0.310. The fourth-order valence-electron chi connectivity index (χ4n) is 3.07. The molecule has 0 atom stereocenters. The van der Waals surface area contributed by atoms with Crippen molar-refractivity contribution in [3.05, 3.63) is 63.9 Å². The SMILES string of the molecule is C=CC(=O)Nc1cccc(-c2csc3c(=O)cc(N4CC[N-]CC4)oc23)c1.CC(C)OO.[Y]. The van der Waals surface area contributed by atoms with E-state index in [-0.39, 0.29) is 50.1 Å².